The lowest BCUT2D eigenvalue weighted by Gasteiger charge is -2.02. The minimum absolute atomic E-state index is 0.183. The zero-order valence-corrected chi connectivity index (χ0v) is 13.5. The summed E-state index contributed by atoms with van der Waals surface area (Å²) in [6, 6.07) is 7.50. The van der Waals surface area contributed by atoms with Crippen molar-refractivity contribution in [3.05, 3.63) is 59.6 Å². The molecule has 0 saturated heterocycles. The Labute approximate surface area is 141 Å². The molecule has 0 aliphatic rings. The molecule has 120 valence electrons. The third-order valence-corrected chi connectivity index (χ3v) is 4.52. The predicted octanol–water partition coefficient (Wildman–Crippen LogP) is 3.25. The Kier molecular flexibility index (Phi) is 3.84. The van der Waals surface area contributed by atoms with Crippen molar-refractivity contribution in [1.82, 2.24) is 20.3 Å². The molecule has 2 N–H and O–H groups in total. The highest BCUT2D eigenvalue weighted by atomic mass is 32.1. The topological polar surface area (TPSA) is 83.8 Å². The third kappa shape index (κ3) is 2.81. The van der Waals surface area contributed by atoms with Gasteiger partial charge in [0, 0.05) is 24.3 Å². The number of carbonyl (C=O) groups excluding carboxylic acids is 1. The number of nitrogens with one attached hydrogen (secondary N) is 2. The summed E-state index contributed by atoms with van der Waals surface area (Å²) >= 11 is 1.39. The molecule has 4 aromatic heterocycles. The van der Waals surface area contributed by atoms with Crippen LogP contribution in [-0.2, 0) is 6.42 Å². The van der Waals surface area contributed by atoms with E-state index in [0.29, 0.717) is 29.4 Å². The third-order valence-electron chi connectivity index (χ3n) is 3.66. The summed E-state index contributed by atoms with van der Waals surface area (Å²) in [5.41, 5.74) is 3.44. The Morgan fingerprint density at radius 2 is 2.29 bits per heavy atom. The van der Waals surface area contributed by atoms with Gasteiger partial charge in [-0.2, -0.15) is 0 Å². The first-order valence-corrected chi connectivity index (χ1v) is 8.38. The second kappa shape index (κ2) is 6.29. The van der Waals surface area contributed by atoms with Gasteiger partial charge in [-0.3, -0.25) is 9.78 Å². The van der Waals surface area contributed by atoms with E-state index >= 15 is 0 Å². The molecule has 6 nitrogen and oxygen atoms in total. The van der Waals surface area contributed by atoms with Crippen molar-refractivity contribution in [1.29, 1.82) is 0 Å². The number of H-pyrrole nitrogens is 1. The lowest BCUT2D eigenvalue weighted by atomic mass is 10.2. The number of nitrogens with zero attached hydrogens (tertiary/aromatic N) is 2. The minimum atomic E-state index is -0.183. The van der Waals surface area contributed by atoms with Crippen LogP contribution in [-0.4, -0.2) is 27.4 Å². The van der Waals surface area contributed by atoms with Crippen LogP contribution < -0.4 is 5.32 Å². The van der Waals surface area contributed by atoms with E-state index in [4.69, 9.17) is 4.42 Å². The van der Waals surface area contributed by atoms with Gasteiger partial charge in [-0.1, -0.05) is 0 Å². The molecule has 0 saturated carbocycles. The first-order valence-electron chi connectivity index (χ1n) is 7.50. The number of hydrogen-bond donors (Lipinski definition) is 2. The largest absolute Gasteiger partial charge is 0.462 e. The van der Waals surface area contributed by atoms with Crippen LogP contribution in [0.2, 0.25) is 0 Å². The molecule has 0 unspecified atom stereocenters. The van der Waals surface area contributed by atoms with Crippen LogP contribution in [0.25, 0.3) is 21.8 Å². The zero-order chi connectivity index (χ0) is 16.4. The highest BCUT2D eigenvalue weighted by Crippen LogP contribution is 2.23. The fourth-order valence-corrected chi connectivity index (χ4v) is 3.26. The Hall–Kier alpha value is -2.93. The van der Waals surface area contributed by atoms with Crippen LogP contribution in [0.3, 0.4) is 0 Å². The SMILES string of the molecule is O=C(NCCc1c[nH]c2cccnc12)c1csc(-c2ccco2)n1. The van der Waals surface area contributed by atoms with E-state index in [1.807, 2.05) is 24.4 Å². The quantitative estimate of drug-likeness (QED) is 0.585. The van der Waals surface area contributed by atoms with E-state index in [1.54, 1.807) is 23.9 Å². The maximum absolute atomic E-state index is 12.2. The van der Waals surface area contributed by atoms with E-state index in [9.17, 15) is 4.79 Å². The number of rotatable bonds is 5. The Morgan fingerprint density at radius 3 is 3.17 bits per heavy atom. The van der Waals surface area contributed by atoms with Gasteiger partial charge in [0.05, 0.1) is 17.3 Å². The second-order valence-electron chi connectivity index (χ2n) is 5.23. The van der Waals surface area contributed by atoms with E-state index in [2.05, 4.69) is 20.3 Å². The number of pyridine rings is 1. The number of furan rings is 1. The lowest BCUT2D eigenvalue weighted by Crippen LogP contribution is -2.25. The number of amides is 1. The standard InChI is InChI=1S/C17H14N4O2S/c22-16(13-10-24-17(21-13)14-4-2-8-23-14)19-7-5-11-9-20-12-3-1-6-18-15(11)12/h1-4,6,8-10,20H,5,7H2,(H,19,22). The number of aromatic nitrogens is 3. The number of hydrogen-bond acceptors (Lipinski definition) is 5. The summed E-state index contributed by atoms with van der Waals surface area (Å²) in [4.78, 5) is 24.1. The van der Waals surface area contributed by atoms with Crippen LogP contribution in [0.15, 0.2) is 52.7 Å². The molecule has 24 heavy (non-hydrogen) atoms. The highest BCUT2D eigenvalue weighted by molar-refractivity contribution is 7.13. The number of thiazole rings is 1. The van der Waals surface area contributed by atoms with E-state index in [1.165, 1.54) is 11.3 Å². The van der Waals surface area contributed by atoms with Gasteiger partial charge in [0.25, 0.3) is 5.91 Å². The highest BCUT2D eigenvalue weighted by Gasteiger charge is 2.13. The molecule has 0 radical (unpaired) electrons. The first kappa shape index (κ1) is 14.6. The summed E-state index contributed by atoms with van der Waals surface area (Å²) in [6.07, 6.45) is 6.00. The summed E-state index contributed by atoms with van der Waals surface area (Å²) in [7, 11) is 0. The maximum Gasteiger partial charge on any atom is 0.270 e. The van der Waals surface area contributed by atoms with Crippen molar-refractivity contribution in [3.63, 3.8) is 0 Å². The Morgan fingerprint density at radius 1 is 1.33 bits per heavy atom. The second-order valence-corrected chi connectivity index (χ2v) is 6.09. The van der Waals surface area contributed by atoms with Crippen molar-refractivity contribution < 1.29 is 9.21 Å². The van der Waals surface area contributed by atoms with E-state index in [0.717, 1.165) is 16.6 Å². The van der Waals surface area contributed by atoms with Crippen LogP contribution in [0.5, 0.6) is 0 Å². The Bertz CT molecular complexity index is 971. The molecule has 4 rings (SSSR count). The van der Waals surface area contributed by atoms with Crippen molar-refractivity contribution in [3.8, 4) is 10.8 Å². The Balaban J connectivity index is 1.38. The molecule has 7 heteroatoms. The predicted molar refractivity (Wildman–Crippen MR) is 91.9 cm³/mol. The van der Waals surface area contributed by atoms with Gasteiger partial charge >= 0.3 is 0 Å². The average molecular weight is 338 g/mol. The maximum atomic E-state index is 12.2. The minimum Gasteiger partial charge on any atom is -0.462 e. The molecule has 4 aromatic rings. The zero-order valence-electron chi connectivity index (χ0n) is 12.7. The van der Waals surface area contributed by atoms with Crippen molar-refractivity contribution in [2.75, 3.05) is 6.54 Å². The van der Waals surface area contributed by atoms with Gasteiger partial charge in [0.2, 0.25) is 0 Å². The number of carbonyl (C=O) groups is 1. The molecule has 0 aliphatic heterocycles. The molecule has 0 spiro atoms. The molecule has 0 bridgehead atoms. The molecule has 0 aliphatic carbocycles. The van der Waals surface area contributed by atoms with Crippen molar-refractivity contribution in [2.24, 2.45) is 0 Å². The fraction of sp³-hybridized carbons (Fsp3) is 0.118. The van der Waals surface area contributed by atoms with Gasteiger partial charge in [0.15, 0.2) is 10.8 Å². The van der Waals surface area contributed by atoms with Crippen molar-refractivity contribution >= 4 is 28.3 Å². The van der Waals surface area contributed by atoms with E-state index < -0.39 is 0 Å². The lowest BCUT2D eigenvalue weighted by molar-refractivity contribution is 0.0950. The first-order chi connectivity index (χ1) is 11.8. The van der Waals surface area contributed by atoms with Crippen LogP contribution in [0, 0.1) is 0 Å². The molecular formula is C17H14N4O2S. The van der Waals surface area contributed by atoms with Crippen LogP contribution in [0.1, 0.15) is 16.1 Å². The summed E-state index contributed by atoms with van der Waals surface area (Å²) < 4.78 is 5.29. The fourth-order valence-electron chi connectivity index (χ4n) is 2.49. The molecule has 0 fully saturated rings. The molecular weight excluding hydrogens is 324 g/mol. The van der Waals surface area contributed by atoms with Crippen LogP contribution in [0.4, 0.5) is 0 Å². The number of fused-ring (bicyclic) bond motifs is 1. The normalized spacial score (nSPS) is 11.0. The van der Waals surface area contributed by atoms with Crippen LogP contribution >= 0.6 is 11.3 Å². The molecule has 4 heterocycles. The monoisotopic (exact) mass is 338 g/mol. The van der Waals surface area contributed by atoms with Gasteiger partial charge in [-0.25, -0.2) is 4.98 Å². The summed E-state index contributed by atoms with van der Waals surface area (Å²) in [5, 5.41) is 5.33. The van der Waals surface area contributed by atoms with E-state index in [-0.39, 0.29) is 5.91 Å². The van der Waals surface area contributed by atoms with Gasteiger partial charge in [-0.05, 0) is 36.2 Å². The van der Waals surface area contributed by atoms with Gasteiger partial charge in [-0.15, -0.1) is 11.3 Å². The van der Waals surface area contributed by atoms with Crippen molar-refractivity contribution in [2.45, 2.75) is 6.42 Å². The smallest absolute Gasteiger partial charge is 0.270 e. The molecule has 0 aromatic carbocycles. The summed E-state index contributed by atoms with van der Waals surface area (Å²) in [5.74, 6) is 0.487. The average Bonchev–Trinajstić information content (AvgIpc) is 3.35. The number of aromatic amines is 1. The molecule has 1 amide bonds. The molecule has 0 atom stereocenters. The summed E-state index contributed by atoms with van der Waals surface area (Å²) in [6.45, 7) is 0.524. The van der Waals surface area contributed by atoms with Gasteiger partial charge in [0.1, 0.15) is 5.69 Å². The van der Waals surface area contributed by atoms with Gasteiger partial charge < -0.3 is 14.7 Å².